The predicted molar refractivity (Wildman–Crippen MR) is 69.1 cm³/mol. The van der Waals surface area contributed by atoms with E-state index in [1.54, 1.807) is 11.1 Å². The summed E-state index contributed by atoms with van der Waals surface area (Å²) in [5, 5.41) is 0. The first-order valence-electron chi connectivity index (χ1n) is 6.35. The third kappa shape index (κ3) is 1.22. The van der Waals surface area contributed by atoms with E-state index >= 15 is 0 Å². The van der Waals surface area contributed by atoms with Gasteiger partial charge in [0.25, 0.3) is 0 Å². The molecule has 0 radical (unpaired) electrons. The van der Waals surface area contributed by atoms with Gasteiger partial charge in [-0.05, 0) is 48.2 Å². The molecule has 0 aliphatic heterocycles. The average molecular weight is 212 g/mol. The minimum Gasteiger partial charge on any atom is -0.0839 e. The molecule has 16 heavy (non-hydrogen) atoms. The summed E-state index contributed by atoms with van der Waals surface area (Å²) in [6, 6.07) is 0. The van der Waals surface area contributed by atoms with Crippen molar-refractivity contribution in [2.75, 3.05) is 0 Å². The molecule has 3 rings (SSSR count). The van der Waals surface area contributed by atoms with Crippen molar-refractivity contribution in [1.82, 2.24) is 0 Å². The normalized spacial score (nSPS) is 34.8. The Morgan fingerprint density at radius 2 is 1.81 bits per heavy atom. The molecule has 0 aromatic rings. The molecule has 84 valence electrons. The number of fused-ring (bicyclic) bond motifs is 3. The van der Waals surface area contributed by atoms with Crippen LogP contribution in [0.5, 0.6) is 0 Å². The topological polar surface area (TPSA) is 0 Å². The smallest absolute Gasteiger partial charge is 0.00646 e. The molecule has 3 aliphatic carbocycles. The zero-order valence-corrected chi connectivity index (χ0v) is 10.5. The molecule has 0 aromatic carbocycles. The lowest BCUT2D eigenvalue weighted by Crippen LogP contribution is -2.26. The van der Waals surface area contributed by atoms with Gasteiger partial charge in [-0.15, -0.1) is 0 Å². The highest BCUT2D eigenvalue weighted by molar-refractivity contribution is 5.50. The number of allylic oxidation sites excluding steroid dienone is 8. The van der Waals surface area contributed by atoms with Crippen LogP contribution in [-0.4, -0.2) is 0 Å². The molecule has 0 spiro atoms. The molecule has 1 saturated carbocycles. The number of hydrogen-bond donors (Lipinski definition) is 0. The Bertz CT molecular complexity index is 441. The molecule has 0 saturated heterocycles. The van der Waals surface area contributed by atoms with Gasteiger partial charge in [-0.1, -0.05) is 49.8 Å². The standard InChI is InChI=1S/C16H20/c1-11-8-9-13-12-6-4-5-7-14(12)16(2,3)15(13)10-11/h4-6,8-9,14-15H,7,10H2,1-3H3. The van der Waals surface area contributed by atoms with Gasteiger partial charge in [0.1, 0.15) is 0 Å². The van der Waals surface area contributed by atoms with Crippen LogP contribution in [0.4, 0.5) is 0 Å². The van der Waals surface area contributed by atoms with Gasteiger partial charge in [0, 0.05) is 0 Å². The summed E-state index contributed by atoms with van der Waals surface area (Å²) in [6.45, 7) is 7.17. The van der Waals surface area contributed by atoms with Crippen molar-refractivity contribution < 1.29 is 0 Å². The number of hydrogen-bond acceptors (Lipinski definition) is 0. The summed E-state index contributed by atoms with van der Waals surface area (Å²) in [6.07, 6.45) is 14.1. The SMILES string of the molecule is CC1=CC=C2C3=CC=CCC3C(C)(C)C2C1. The van der Waals surface area contributed by atoms with E-state index in [0.717, 1.165) is 11.8 Å². The van der Waals surface area contributed by atoms with Crippen LogP contribution in [0.15, 0.2) is 47.1 Å². The van der Waals surface area contributed by atoms with Crippen LogP contribution in [-0.2, 0) is 0 Å². The van der Waals surface area contributed by atoms with Crippen LogP contribution < -0.4 is 0 Å². The lowest BCUT2D eigenvalue weighted by Gasteiger charge is -2.33. The summed E-state index contributed by atoms with van der Waals surface area (Å²) in [5.74, 6) is 1.49. The Hall–Kier alpha value is -1.04. The summed E-state index contributed by atoms with van der Waals surface area (Å²) >= 11 is 0. The Morgan fingerprint density at radius 3 is 2.62 bits per heavy atom. The third-order valence-electron chi connectivity index (χ3n) is 4.74. The fourth-order valence-electron chi connectivity index (χ4n) is 3.68. The molecule has 0 N–H and O–H groups in total. The molecule has 1 fully saturated rings. The van der Waals surface area contributed by atoms with E-state index in [1.807, 2.05) is 0 Å². The highest BCUT2D eigenvalue weighted by atomic mass is 14.5. The Kier molecular flexibility index (Phi) is 2.04. The second-order valence-corrected chi connectivity index (χ2v) is 6.05. The van der Waals surface area contributed by atoms with E-state index < -0.39 is 0 Å². The van der Waals surface area contributed by atoms with Crippen molar-refractivity contribution >= 4 is 0 Å². The lowest BCUT2D eigenvalue weighted by atomic mass is 9.70. The molecule has 0 amide bonds. The van der Waals surface area contributed by atoms with Crippen molar-refractivity contribution in [3.8, 4) is 0 Å². The van der Waals surface area contributed by atoms with Crippen LogP contribution in [0.25, 0.3) is 0 Å². The molecular weight excluding hydrogens is 192 g/mol. The largest absolute Gasteiger partial charge is 0.0839 e. The zero-order chi connectivity index (χ0) is 11.3. The first-order chi connectivity index (χ1) is 7.60. The Morgan fingerprint density at radius 1 is 1.06 bits per heavy atom. The van der Waals surface area contributed by atoms with E-state index in [9.17, 15) is 0 Å². The quantitative estimate of drug-likeness (QED) is 0.557. The second-order valence-electron chi connectivity index (χ2n) is 6.05. The maximum Gasteiger partial charge on any atom is -0.00646 e. The summed E-state index contributed by atoms with van der Waals surface area (Å²) in [5.41, 5.74) is 5.19. The van der Waals surface area contributed by atoms with Crippen molar-refractivity contribution in [2.24, 2.45) is 17.3 Å². The van der Waals surface area contributed by atoms with Crippen LogP contribution in [0.1, 0.15) is 33.6 Å². The Labute approximate surface area is 98.4 Å². The second kappa shape index (κ2) is 3.23. The van der Waals surface area contributed by atoms with Crippen molar-refractivity contribution in [2.45, 2.75) is 33.6 Å². The van der Waals surface area contributed by atoms with E-state index in [-0.39, 0.29) is 0 Å². The van der Waals surface area contributed by atoms with Crippen LogP contribution in [0, 0.1) is 17.3 Å². The highest BCUT2D eigenvalue weighted by Gasteiger charge is 2.48. The van der Waals surface area contributed by atoms with Crippen LogP contribution in [0.2, 0.25) is 0 Å². The molecule has 0 heterocycles. The van der Waals surface area contributed by atoms with Crippen molar-refractivity contribution in [3.05, 3.63) is 47.1 Å². The third-order valence-corrected chi connectivity index (χ3v) is 4.74. The van der Waals surface area contributed by atoms with Gasteiger partial charge in [0.2, 0.25) is 0 Å². The van der Waals surface area contributed by atoms with Crippen molar-refractivity contribution in [3.63, 3.8) is 0 Å². The first-order valence-corrected chi connectivity index (χ1v) is 6.35. The van der Waals surface area contributed by atoms with Gasteiger partial charge in [0.15, 0.2) is 0 Å². The molecule has 0 bridgehead atoms. The first kappa shape index (κ1) is 10.1. The molecule has 2 unspecified atom stereocenters. The molecular formula is C16H20. The van der Waals surface area contributed by atoms with Gasteiger partial charge < -0.3 is 0 Å². The summed E-state index contributed by atoms with van der Waals surface area (Å²) in [7, 11) is 0. The van der Waals surface area contributed by atoms with E-state index in [4.69, 9.17) is 0 Å². The molecule has 0 aromatic heterocycles. The monoisotopic (exact) mass is 212 g/mol. The van der Waals surface area contributed by atoms with E-state index in [2.05, 4.69) is 51.2 Å². The van der Waals surface area contributed by atoms with Gasteiger partial charge in [-0.25, -0.2) is 0 Å². The maximum atomic E-state index is 2.45. The van der Waals surface area contributed by atoms with Gasteiger partial charge in [-0.3, -0.25) is 0 Å². The number of rotatable bonds is 0. The van der Waals surface area contributed by atoms with Crippen LogP contribution in [0.3, 0.4) is 0 Å². The minimum atomic E-state index is 0.429. The van der Waals surface area contributed by atoms with Gasteiger partial charge >= 0.3 is 0 Å². The highest BCUT2D eigenvalue weighted by Crippen LogP contribution is 2.58. The van der Waals surface area contributed by atoms with Gasteiger partial charge in [-0.2, -0.15) is 0 Å². The fourth-order valence-corrected chi connectivity index (χ4v) is 3.68. The van der Waals surface area contributed by atoms with Crippen molar-refractivity contribution in [1.29, 1.82) is 0 Å². The predicted octanol–water partition coefficient (Wildman–Crippen LogP) is 4.42. The minimum absolute atomic E-state index is 0.429. The van der Waals surface area contributed by atoms with E-state index in [1.165, 1.54) is 18.4 Å². The lowest BCUT2D eigenvalue weighted by molar-refractivity contribution is 0.205. The van der Waals surface area contributed by atoms with E-state index in [0.29, 0.717) is 5.41 Å². The molecule has 0 heteroatoms. The fraction of sp³-hybridized carbons (Fsp3) is 0.500. The Balaban J connectivity index is 2.12. The zero-order valence-electron chi connectivity index (χ0n) is 10.5. The molecule has 2 atom stereocenters. The molecule has 3 aliphatic rings. The summed E-state index contributed by atoms with van der Waals surface area (Å²) in [4.78, 5) is 0. The molecule has 0 nitrogen and oxygen atoms in total. The summed E-state index contributed by atoms with van der Waals surface area (Å²) < 4.78 is 0. The average Bonchev–Trinajstić information content (AvgIpc) is 2.49. The van der Waals surface area contributed by atoms with Crippen LogP contribution >= 0.6 is 0 Å². The van der Waals surface area contributed by atoms with Gasteiger partial charge in [0.05, 0.1) is 0 Å². The maximum absolute atomic E-state index is 2.45.